The van der Waals surface area contributed by atoms with Crippen LogP contribution in [0, 0.1) is 0 Å². The molecule has 170 valence electrons. The predicted octanol–water partition coefficient (Wildman–Crippen LogP) is 4.12. The Balaban J connectivity index is 1.69. The van der Waals surface area contributed by atoms with Gasteiger partial charge in [-0.3, -0.25) is 4.79 Å². The molecule has 0 spiro atoms. The maximum absolute atomic E-state index is 13.2. The molecule has 34 heavy (non-hydrogen) atoms. The summed E-state index contributed by atoms with van der Waals surface area (Å²) in [6.45, 7) is 1.85. The number of carbonyl (C=O) groups is 1. The minimum atomic E-state index is -0.694. The molecule has 0 atom stereocenters. The number of ether oxygens (including phenoxy) is 2. The Labute approximate surface area is 195 Å². The van der Waals surface area contributed by atoms with Crippen molar-refractivity contribution in [2.75, 3.05) is 13.7 Å². The van der Waals surface area contributed by atoms with Gasteiger partial charge in [-0.2, -0.15) is 0 Å². The molecule has 0 aliphatic heterocycles. The number of carbonyl (C=O) groups excluding carboxylic acids is 1. The number of aryl methyl sites for hydroxylation is 1. The molecule has 0 radical (unpaired) electrons. The van der Waals surface area contributed by atoms with Gasteiger partial charge in [-0.1, -0.05) is 41.6 Å². The Bertz CT molecular complexity index is 1620. The third-order valence-corrected chi connectivity index (χ3v) is 5.82. The normalized spacial score (nSPS) is 11.1. The number of methoxy groups -OCH3 is 1. The minimum Gasteiger partial charge on any atom is -0.497 e. The second-order valence-corrected chi connectivity index (χ2v) is 7.80. The average molecular weight is 454 g/mol. The molecule has 0 aliphatic rings. The molecule has 0 amide bonds. The van der Waals surface area contributed by atoms with E-state index < -0.39 is 11.5 Å². The van der Waals surface area contributed by atoms with Crippen molar-refractivity contribution in [1.29, 1.82) is 0 Å². The number of fused-ring (bicyclic) bond motifs is 2. The summed E-state index contributed by atoms with van der Waals surface area (Å²) in [6.07, 6.45) is 1.72. The monoisotopic (exact) mass is 454 g/mol. The molecule has 2 aromatic heterocycles. The molecule has 0 bridgehead atoms. The largest absolute Gasteiger partial charge is 0.497 e. The Kier molecular flexibility index (Phi) is 5.33. The van der Waals surface area contributed by atoms with E-state index in [1.807, 2.05) is 60.7 Å². The fourth-order valence-corrected chi connectivity index (χ4v) is 4.12. The Hall–Kier alpha value is -4.46. The third kappa shape index (κ3) is 3.49. The van der Waals surface area contributed by atoms with E-state index in [1.165, 1.54) is 9.25 Å². The lowest BCUT2D eigenvalue weighted by Crippen LogP contribution is -2.28. The third-order valence-electron chi connectivity index (χ3n) is 5.82. The van der Waals surface area contributed by atoms with Crippen LogP contribution in [0.2, 0.25) is 0 Å². The van der Waals surface area contributed by atoms with E-state index in [1.54, 1.807) is 27.3 Å². The second-order valence-electron chi connectivity index (χ2n) is 7.80. The van der Waals surface area contributed by atoms with E-state index in [-0.39, 0.29) is 12.2 Å². The lowest BCUT2D eigenvalue weighted by Gasteiger charge is -2.14. The van der Waals surface area contributed by atoms with E-state index in [2.05, 4.69) is 10.3 Å². The van der Waals surface area contributed by atoms with E-state index in [9.17, 15) is 9.59 Å². The second kappa shape index (κ2) is 8.47. The van der Waals surface area contributed by atoms with Gasteiger partial charge in [0.05, 0.1) is 31.1 Å². The van der Waals surface area contributed by atoms with Gasteiger partial charge < -0.3 is 14.0 Å². The topological polar surface area (TPSA) is 88.2 Å². The average Bonchev–Trinajstić information content (AvgIpc) is 3.35. The summed E-state index contributed by atoms with van der Waals surface area (Å²) in [4.78, 5) is 26.0. The molecule has 0 fully saturated rings. The molecule has 0 saturated carbocycles. The summed E-state index contributed by atoms with van der Waals surface area (Å²) in [7, 11) is 3.27. The van der Waals surface area contributed by atoms with Crippen LogP contribution in [0.5, 0.6) is 5.75 Å². The van der Waals surface area contributed by atoms with Crippen molar-refractivity contribution in [3.63, 3.8) is 0 Å². The van der Waals surface area contributed by atoms with Crippen LogP contribution in [0.3, 0.4) is 0 Å². The van der Waals surface area contributed by atoms with Crippen LogP contribution in [0.15, 0.2) is 71.7 Å². The molecule has 0 unspecified atom stereocenters. The molecule has 8 heteroatoms. The van der Waals surface area contributed by atoms with Crippen molar-refractivity contribution < 1.29 is 14.3 Å². The maximum Gasteiger partial charge on any atom is 0.346 e. The number of hydrogen-bond donors (Lipinski definition) is 0. The van der Waals surface area contributed by atoms with Crippen LogP contribution in [-0.4, -0.2) is 39.2 Å². The first-order valence-electron chi connectivity index (χ1n) is 10.8. The Morgan fingerprint density at radius 1 is 1.03 bits per heavy atom. The number of hydrogen-bond acceptors (Lipinski definition) is 6. The van der Waals surface area contributed by atoms with Crippen LogP contribution in [-0.2, 0) is 11.8 Å². The van der Waals surface area contributed by atoms with Crippen molar-refractivity contribution in [1.82, 2.24) is 19.6 Å². The summed E-state index contributed by atoms with van der Waals surface area (Å²) in [5.41, 5.74) is 1.95. The van der Waals surface area contributed by atoms with Crippen LogP contribution in [0.1, 0.15) is 17.3 Å². The number of nitrogens with zero attached hydrogens (tertiary/aromatic N) is 4. The first-order valence-corrected chi connectivity index (χ1v) is 10.8. The van der Waals surface area contributed by atoms with Gasteiger partial charge in [0.1, 0.15) is 11.4 Å². The highest BCUT2D eigenvalue weighted by molar-refractivity contribution is 6.01. The number of aromatic nitrogens is 4. The van der Waals surface area contributed by atoms with Crippen molar-refractivity contribution >= 4 is 27.6 Å². The fourth-order valence-electron chi connectivity index (χ4n) is 4.12. The van der Waals surface area contributed by atoms with Crippen LogP contribution in [0.4, 0.5) is 0 Å². The standard InChI is InChI=1S/C26H22N4O4/c1-4-34-26(32)23-24(20-7-5-6-8-22(20)29(2)25(23)31)30-15-21(27-28-30)18-10-9-17-14-19(33-3)12-11-16(17)13-18/h5-15H,4H2,1-3H3. The molecule has 5 aromatic rings. The van der Waals surface area contributed by atoms with Crippen molar-refractivity contribution in [3.8, 4) is 22.7 Å². The highest BCUT2D eigenvalue weighted by atomic mass is 16.5. The maximum atomic E-state index is 13.2. The molecule has 0 aliphatic carbocycles. The zero-order chi connectivity index (χ0) is 23.8. The van der Waals surface area contributed by atoms with Crippen LogP contribution >= 0.6 is 0 Å². The van der Waals surface area contributed by atoms with E-state index in [4.69, 9.17) is 9.47 Å². The molecule has 5 rings (SSSR count). The summed E-state index contributed by atoms with van der Waals surface area (Å²) in [5, 5.41) is 11.4. The summed E-state index contributed by atoms with van der Waals surface area (Å²) in [6, 6.07) is 19.2. The Morgan fingerprint density at radius 3 is 2.59 bits per heavy atom. The van der Waals surface area contributed by atoms with E-state index in [0.717, 1.165) is 22.1 Å². The van der Waals surface area contributed by atoms with Gasteiger partial charge in [0.15, 0.2) is 5.56 Å². The highest BCUT2D eigenvalue weighted by Crippen LogP contribution is 2.28. The fraction of sp³-hybridized carbons (Fsp3) is 0.154. The van der Waals surface area contributed by atoms with Gasteiger partial charge >= 0.3 is 5.97 Å². The molecule has 0 N–H and O–H groups in total. The van der Waals surface area contributed by atoms with Crippen molar-refractivity contribution in [2.24, 2.45) is 7.05 Å². The number of esters is 1. The van der Waals surface area contributed by atoms with Gasteiger partial charge in [-0.05, 0) is 42.0 Å². The van der Waals surface area contributed by atoms with Gasteiger partial charge in [0.2, 0.25) is 0 Å². The lowest BCUT2D eigenvalue weighted by atomic mass is 10.0. The predicted molar refractivity (Wildman–Crippen MR) is 130 cm³/mol. The molecule has 2 heterocycles. The van der Waals surface area contributed by atoms with Crippen molar-refractivity contribution in [3.05, 3.63) is 82.8 Å². The summed E-state index contributed by atoms with van der Waals surface area (Å²) >= 11 is 0. The molecule has 3 aromatic carbocycles. The van der Waals surface area contributed by atoms with Crippen LogP contribution in [0.25, 0.3) is 38.6 Å². The van der Waals surface area contributed by atoms with Gasteiger partial charge in [-0.25, -0.2) is 9.48 Å². The van der Waals surface area contributed by atoms with Gasteiger partial charge in [-0.15, -0.1) is 5.10 Å². The smallest absolute Gasteiger partial charge is 0.346 e. The SMILES string of the molecule is CCOC(=O)c1c(-n2cc(-c3ccc4cc(OC)ccc4c3)nn2)c2ccccc2n(C)c1=O. The molecular weight excluding hydrogens is 432 g/mol. The number of rotatable bonds is 5. The van der Waals surface area contributed by atoms with E-state index in [0.29, 0.717) is 22.3 Å². The van der Waals surface area contributed by atoms with E-state index >= 15 is 0 Å². The highest BCUT2D eigenvalue weighted by Gasteiger charge is 2.24. The summed E-state index contributed by atoms with van der Waals surface area (Å²) < 4.78 is 13.4. The molecular formula is C26H22N4O4. The summed E-state index contributed by atoms with van der Waals surface area (Å²) in [5.74, 6) is 0.0933. The molecule has 0 saturated heterocycles. The Morgan fingerprint density at radius 2 is 1.79 bits per heavy atom. The number of para-hydroxylation sites is 1. The number of pyridine rings is 1. The lowest BCUT2D eigenvalue weighted by molar-refractivity contribution is 0.0523. The quantitative estimate of drug-likeness (QED) is 0.371. The number of benzene rings is 3. The van der Waals surface area contributed by atoms with Crippen LogP contribution < -0.4 is 10.3 Å². The minimum absolute atomic E-state index is 0.0786. The zero-order valence-electron chi connectivity index (χ0n) is 19.0. The first kappa shape index (κ1) is 21.4. The molecule has 8 nitrogen and oxygen atoms in total. The van der Waals surface area contributed by atoms with Crippen molar-refractivity contribution in [2.45, 2.75) is 6.92 Å². The van der Waals surface area contributed by atoms with Gasteiger partial charge in [0, 0.05) is 18.0 Å². The van der Waals surface area contributed by atoms with Gasteiger partial charge in [0.25, 0.3) is 5.56 Å². The first-order chi connectivity index (χ1) is 16.5. The zero-order valence-corrected chi connectivity index (χ0v) is 19.0.